The van der Waals surface area contributed by atoms with Crippen LogP contribution in [0.15, 0.2) is 23.1 Å². The van der Waals surface area contributed by atoms with Gasteiger partial charge in [-0.2, -0.15) is 0 Å². The van der Waals surface area contributed by atoms with Gasteiger partial charge in [-0.3, -0.25) is 0 Å². The number of benzene rings is 1. The third-order valence-electron chi connectivity index (χ3n) is 2.55. The maximum absolute atomic E-state index is 12.1. The molecular formula is C11H15Cl2NO2S. The minimum atomic E-state index is -3.62. The predicted molar refractivity (Wildman–Crippen MR) is 71.1 cm³/mol. The van der Waals surface area contributed by atoms with Crippen LogP contribution in [0.2, 0.25) is 10.0 Å². The molecule has 0 heterocycles. The molecule has 0 saturated heterocycles. The van der Waals surface area contributed by atoms with Gasteiger partial charge >= 0.3 is 0 Å². The first-order chi connectivity index (χ1) is 7.75. The van der Waals surface area contributed by atoms with Crippen LogP contribution in [-0.4, -0.2) is 14.5 Å². The summed E-state index contributed by atoms with van der Waals surface area (Å²) in [6, 6.07) is 4.37. The van der Waals surface area contributed by atoms with Crippen molar-refractivity contribution < 1.29 is 8.42 Å². The Morgan fingerprint density at radius 2 is 1.76 bits per heavy atom. The molecule has 1 aromatic rings. The molecule has 0 aliphatic rings. The van der Waals surface area contributed by atoms with E-state index in [2.05, 4.69) is 4.72 Å². The summed E-state index contributed by atoms with van der Waals surface area (Å²) in [5.41, 5.74) is 0. The first-order valence-electron chi connectivity index (χ1n) is 5.22. The Bertz CT molecular complexity index is 500. The van der Waals surface area contributed by atoms with Crippen molar-refractivity contribution in [1.29, 1.82) is 0 Å². The van der Waals surface area contributed by atoms with Crippen molar-refractivity contribution in [3.8, 4) is 0 Å². The van der Waals surface area contributed by atoms with E-state index in [0.29, 0.717) is 0 Å². The summed E-state index contributed by atoms with van der Waals surface area (Å²) in [6.45, 7) is 5.68. The molecule has 0 fully saturated rings. The average Bonchev–Trinajstić information content (AvgIpc) is 2.21. The van der Waals surface area contributed by atoms with E-state index < -0.39 is 10.0 Å². The maximum atomic E-state index is 12.1. The standard InChI is InChI=1S/C11H15Cl2NO2S/c1-7(2)8(3)14-17(15,16)10-6-4-5-9(12)11(10)13/h4-8,14H,1-3H3/t8-/m0/s1. The lowest BCUT2D eigenvalue weighted by atomic mass is 10.1. The lowest BCUT2D eigenvalue weighted by molar-refractivity contribution is 0.476. The molecular weight excluding hydrogens is 281 g/mol. The van der Waals surface area contributed by atoms with Crippen molar-refractivity contribution in [3.05, 3.63) is 28.2 Å². The fourth-order valence-electron chi connectivity index (χ4n) is 1.14. The van der Waals surface area contributed by atoms with E-state index in [1.807, 2.05) is 13.8 Å². The minimum absolute atomic E-state index is 0.0131. The van der Waals surface area contributed by atoms with Crippen molar-refractivity contribution in [2.24, 2.45) is 5.92 Å². The highest BCUT2D eigenvalue weighted by Crippen LogP contribution is 2.29. The van der Waals surface area contributed by atoms with Crippen LogP contribution in [0.1, 0.15) is 20.8 Å². The van der Waals surface area contributed by atoms with Crippen molar-refractivity contribution in [3.63, 3.8) is 0 Å². The van der Waals surface area contributed by atoms with Gasteiger partial charge in [-0.15, -0.1) is 0 Å². The lowest BCUT2D eigenvalue weighted by Gasteiger charge is -2.18. The Morgan fingerprint density at radius 3 is 2.29 bits per heavy atom. The van der Waals surface area contributed by atoms with E-state index in [-0.39, 0.29) is 26.9 Å². The predicted octanol–water partition coefficient (Wildman–Crippen LogP) is 3.32. The Labute approximate surface area is 112 Å². The van der Waals surface area contributed by atoms with Gasteiger partial charge in [0.1, 0.15) is 4.90 Å². The van der Waals surface area contributed by atoms with E-state index >= 15 is 0 Å². The Morgan fingerprint density at radius 1 is 1.18 bits per heavy atom. The summed E-state index contributed by atoms with van der Waals surface area (Å²) >= 11 is 11.7. The first kappa shape index (κ1) is 14.8. The highest BCUT2D eigenvalue weighted by Gasteiger charge is 2.22. The summed E-state index contributed by atoms with van der Waals surface area (Å²) in [5.74, 6) is 0.197. The van der Waals surface area contributed by atoms with Gasteiger partial charge in [-0.05, 0) is 25.0 Å². The van der Waals surface area contributed by atoms with Crippen molar-refractivity contribution >= 4 is 33.2 Å². The first-order valence-corrected chi connectivity index (χ1v) is 7.46. The average molecular weight is 296 g/mol. The van der Waals surface area contributed by atoms with Crippen molar-refractivity contribution in [2.45, 2.75) is 31.7 Å². The van der Waals surface area contributed by atoms with Gasteiger partial charge < -0.3 is 0 Å². The summed E-state index contributed by atoms with van der Waals surface area (Å²) < 4.78 is 26.7. The minimum Gasteiger partial charge on any atom is -0.208 e. The van der Waals surface area contributed by atoms with Crippen LogP contribution in [0.25, 0.3) is 0 Å². The van der Waals surface area contributed by atoms with Gasteiger partial charge in [0.15, 0.2) is 0 Å². The molecule has 1 aromatic carbocycles. The quantitative estimate of drug-likeness (QED) is 0.926. The number of halogens is 2. The van der Waals surface area contributed by atoms with Crippen LogP contribution in [0, 0.1) is 5.92 Å². The zero-order chi connectivity index (χ0) is 13.2. The maximum Gasteiger partial charge on any atom is 0.242 e. The largest absolute Gasteiger partial charge is 0.242 e. The van der Waals surface area contributed by atoms with Gasteiger partial charge in [0.05, 0.1) is 10.0 Å². The molecule has 0 aliphatic heterocycles. The second kappa shape index (κ2) is 5.57. The third kappa shape index (κ3) is 3.58. The topological polar surface area (TPSA) is 46.2 Å². The van der Waals surface area contributed by atoms with E-state index in [1.165, 1.54) is 6.07 Å². The Balaban J connectivity index is 3.10. The lowest BCUT2D eigenvalue weighted by Crippen LogP contribution is -2.36. The van der Waals surface area contributed by atoms with Gasteiger partial charge in [0.2, 0.25) is 10.0 Å². The van der Waals surface area contributed by atoms with Crippen molar-refractivity contribution in [1.82, 2.24) is 4.72 Å². The van der Waals surface area contributed by atoms with E-state index in [0.717, 1.165) is 0 Å². The zero-order valence-corrected chi connectivity index (χ0v) is 12.2. The molecule has 0 bridgehead atoms. The number of sulfonamides is 1. The molecule has 0 saturated carbocycles. The third-order valence-corrected chi connectivity index (χ3v) is 5.08. The van der Waals surface area contributed by atoms with Crippen molar-refractivity contribution in [2.75, 3.05) is 0 Å². The van der Waals surface area contributed by atoms with E-state index in [1.54, 1.807) is 19.1 Å². The fraction of sp³-hybridized carbons (Fsp3) is 0.455. The molecule has 1 atom stereocenters. The second-order valence-corrected chi connectivity index (χ2v) is 6.67. The molecule has 1 rings (SSSR count). The van der Waals surface area contributed by atoms with Crippen LogP contribution < -0.4 is 4.72 Å². The highest BCUT2D eigenvalue weighted by atomic mass is 35.5. The van der Waals surface area contributed by atoms with Crippen LogP contribution in [0.5, 0.6) is 0 Å². The molecule has 6 heteroatoms. The smallest absolute Gasteiger partial charge is 0.208 e. The van der Waals surface area contributed by atoms with E-state index in [4.69, 9.17) is 23.2 Å². The molecule has 0 spiro atoms. The van der Waals surface area contributed by atoms with Gasteiger partial charge in [0, 0.05) is 6.04 Å². The molecule has 0 radical (unpaired) electrons. The molecule has 17 heavy (non-hydrogen) atoms. The number of rotatable bonds is 4. The zero-order valence-electron chi connectivity index (χ0n) is 9.87. The van der Waals surface area contributed by atoms with Crippen LogP contribution >= 0.6 is 23.2 Å². The number of nitrogens with one attached hydrogen (secondary N) is 1. The number of hydrogen-bond acceptors (Lipinski definition) is 2. The van der Waals surface area contributed by atoms with Crippen LogP contribution in [0.3, 0.4) is 0 Å². The summed E-state index contributed by atoms with van der Waals surface area (Å²) in [7, 11) is -3.62. The highest BCUT2D eigenvalue weighted by molar-refractivity contribution is 7.89. The van der Waals surface area contributed by atoms with E-state index in [9.17, 15) is 8.42 Å². The SMILES string of the molecule is CC(C)[C@H](C)NS(=O)(=O)c1cccc(Cl)c1Cl. The normalized spacial score (nSPS) is 14.0. The monoisotopic (exact) mass is 295 g/mol. The van der Waals surface area contributed by atoms with Gasteiger partial charge in [-0.1, -0.05) is 43.1 Å². The Hall–Kier alpha value is -0.290. The fourth-order valence-corrected chi connectivity index (χ4v) is 3.29. The summed E-state index contributed by atoms with van der Waals surface area (Å²) in [4.78, 5) is 0.0131. The number of hydrogen-bond donors (Lipinski definition) is 1. The van der Waals surface area contributed by atoms with Crippen LogP contribution in [-0.2, 0) is 10.0 Å². The second-order valence-electron chi connectivity index (χ2n) is 4.21. The molecule has 3 nitrogen and oxygen atoms in total. The molecule has 0 amide bonds. The molecule has 96 valence electrons. The summed E-state index contributed by atoms with van der Waals surface area (Å²) in [5, 5.41) is 0.282. The molecule has 0 aliphatic carbocycles. The summed E-state index contributed by atoms with van der Waals surface area (Å²) in [6.07, 6.45) is 0. The molecule has 0 aromatic heterocycles. The van der Waals surface area contributed by atoms with Gasteiger partial charge in [0.25, 0.3) is 0 Å². The molecule has 0 unspecified atom stereocenters. The molecule has 1 N–H and O–H groups in total. The Kier molecular flexibility index (Phi) is 4.84. The van der Waals surface area contributed by atoms with Crippen LogP contribution in [0.4, 0.5) is 0 Å². The van der Waals surface area contributed by atoms with Gasteiger partial charge in [-0.25, -0.2) is 13.1 Å².